The molecule has 1 saturated heterocycles. The van der Waals surface area contributed by atoms with Crippen LogP contribution in [0.25, 0.3) is 0 Å². The van der Waals surface area contributed by atoms with Gasteiger partial charge in [0.05, 0.1) is 24.3 Å². The molecule has 1 aromatic rings. The molecule has 0 unspecified atom stereocenters. The third-order valence-electron chi connectivity index (χ3n) is 3.87. The van der Waals surface area contributed by atoms with Crippen LogP contribution in [0.3, 0.4) is 0 Å². The normalized spacial score (nSPS) is 15.9. The zero-order valence-electron chi connectivity index (χ0n) is 14.4. The molecular weight excluding hydrogens is 396 g/mol. The SMILES string of the molecule is O=C(NCCN1CCOCC1)C(=O)Nc1cc(C(F)(F)F)cc(C(F)(F)F)c1. The van der Waals surface area contributed by atoms with Crippen molar-refractivity contribution in [1.82, 2.24) is 10.2 Å². The lowest BCUT2D eigenvalue weighted by Crippen LogP contribution is -2.43. The number of carbonyl (C=O) groups is 2. The molecule has 0 radical (unpaired) electrons. The van der Waals surface area contributed by atoms with Gasteiger partial charge in [-0.3, -0.25) is 14.5 Å². The van der Waals surface area contributed by atoms with E-state index in [9.17, 15) is 35.9 Å². The van der Waals surface area contributed by atoms with Crippen LogP contribution in [0.5, 0.6) is 0 Å². The highest BCUT2D eigenvalue weighted by Gasteiger charge is 2.37. The largest absolute Gasteiger partial charge is 0.416 e. The topological polar surface area (TPSA) is 70.7 Å². The Morgan fingerprint density at radius 1 is 0.929 bits per heavy atom. The number of anilines is 1. The van der Waals surface area contributed by atoms with Crippen LogP contribution in [0.4, 0.5) is 32.0 Å². The number of hydrogen-bond acceptors (Lipinski definition) is 4. The molecule has 156 valence electrons. The van der Waals surface area contributed by atoms with Gasteiger partial charge in [-0.15, -0.1) is 0 Å². The molecule has 6 nitrogen and oxygen atoms in total. The molecule has 0 spiro atoms. The maximum Gasteiger partial charge on any atom is 0.416 e. The highest BCUT2D eigenvalue weighted by molar-refractivity contribution is 6.39. The van der Waals surface area contributed by atoms with Crippen LogP contribution in [-0.2, 0) is 26.7 Å². The summed E-state index contributed by atoms with van der Waals surface area (Å²) in [7, 11) is 0. The minimum absolute atomic E-state index is 0.0714. The molecule has 2 N–H and O–H groups in total. The maximum atomic E-state index is 12.8. The fraction of sp³-hybridized carbons (Fsp3) is 0.500. The van der Waals surface area contributed by atoms with Crippen molar-refractivity contribution < 1.29 is 40.7 Å². The van der Waals surface area contributed by atoms with Crippen molar-refractivity contribution in [3.8, 4) is 0 Å². The summed E-state index contributed by atoms with van der Waals surface area (Å²) in [5, 5.41) is 4.03. The molecule has 0 aromatic heterocycles. The van der Waals surface area contributed by atoms with Gasteiger partial charge in [0.15, 0.2) is 0 Å². The highest BCUT2D eigenvalue weighted by Crippen LogP contribution is 2.37. The van der Waals surface area contributed by atoms with Gasteiger partial charge in [-0.2, -0.15) is 26.3 Å². The van der Waals surface area contributed by atoms with Crippen LogP contribution in [0.2, 0.25) is 0 Å². The molecule has 1 heterocycles. The van der Waals surface area contributed by atoms with Gasteiger partial charge < -0.3 is 15.4 Å². The van der Waals surface area contributed by atoms with Gasteiger partial charge in [0.25, 0.3) is 0 Å². The lowest BCUT2D eigenvalue weighted by Gasteiger charge is -2.26. The third kappa shape index (κ3) is 6.37. The second-order valence-corrected chi connectivity index (χ2v) is 5.96. The quantitative estimate of drug-likeness (QED) is 0.586. The second-order valence-electron chi connectivity index (χ2n) is 5.96. The zero-order chi connectivity index (χ0) is 20.9. The predicted molar refractivity (Wildman–Crippen MR) is 85.3 cm³/mol. The first-order chi connectivity index (χ1) is 13.0. The molecule has 0 bridgehead atoms. The Morgan fingerprint density at radius 3 is 1.96 bits per heavy atom. The molecule has 12 heteroatoms. The van der Waals surface area contributed by atoms with Gasteiger partial charge in [-0.25, -0.2) is 0 Å². The van der Waals surface area contributed by atoms with Gasteiger partial charge >= 0.3 is 24.2 Å². The molecule has 2 amide bonds. The number of halogens is 6. The number of alkyl halides is 6. The van der Waals surface area contributed by atoms with E-state index in [0.29, 0.717) is 45.0 Å². The maximum absolute atomic E-state index is 12.8. The third-order valence-corrected chi connectivity index (χ3v) is 3.87. The van der Waals surface area contributed by atoms with E-state index in [0.717, 1.165) is 0 Å². The minimum atomic E-state index is -5.05. The summed E-state index contributed by atoms with van der Waals surface area (Å²) in [4.78, 5) is 25.5. The fourth-order valence-corrected chi connectivity index (χ4v) is 2.45. The number of nitrogens with zero attached hydrogens (tertiary/aromatic N) is 1. The molecule has 2 rings (SSSR count). The number of amides is 2. The van der Waals surface area contributed by atoms with E-state index < -0.39 is 41.0 Å². The van der Waals surface area contributed by atoms with Crippen molar-refractivity contribution in [2.75, 3.05) is 44.7 Å². The van der Waals surface area contributed by atoms with Crippen molar-refractivity contribution in [1.29, 1.82) is 0 Å². The summed E-state index contributed by atoms with van der Waals surface area (Å²) in [6.45, 7) is 2.86. The number of benzene rings is 1. The highest BCUT2D eigenvalue weighted by atomic mass is 19.4. The molecule has 1 aliphatic heterocycles. The van der Waals surface area contributed by atoms with Crippen LogP contribution >= 0.6 is 0 Å². The Hall–Kier alpha value is -2.34. The molecular formula is C16H17F6N3O3. The first-order valence-corrected chi connectivity index (χ1v) is 8.15. The molecule has 1 fully saturated rings. The first kappa shape index (κ1) is 22.0. The second kappa shape index (κ2) is 8.78. The monoisotopic (exact) mass is 413 g/mol. The van der Waals surface area contributed by atoms with E-state index in [-0.39, 0.29) is 12.6 Å². The van der Waals surface area contributed by atoms with Crippen molar-refractivity contribution >= 4 is 17.5 Å². The number of ether oxygens (including phenoxy) is 1. The fourth-order valence-electron chi connectivity index (χ4n) is 2.45. The van der Waals surface area contributed by atoms with E-state index >= 15 is 0 Å². The van der Waals surface area contributed by atoms with E-state index in [1.807, 2.05) is 4.90 Å². The summed E-state index contributed by atoms with van der Waals surface area (Å²) < 4.78 is 82.0. The Kier molecular flexibility index (Phi) is 6.88. The summed E-state index contributed by atoms with van der Waals surface area (Å²) in [5.41, 5.74) is -3.97. The number of nitrogens with one attached hydrogen (secondary N) is 2. The zero-order valence-corrected chi connectivity index (χ0v) is 14.4. The van der Waals surface area contributed by atoms with Gasteiger partial charge in [0, 0.05) is 31.9 Å². The molecule has 1 aromatic carbocycles. The Balaban J connectivity index is 2.00. The standard InChI is InChI=1S/C16H17F6N3O3/c17-15(18,19)10-7-11(16(20,21)22)9-12(8-10)24-14(27)13(26)23-1-2-25-3-5-28-6-4-25/h7-9H,1-6H2,(H,23,26)(H,24,27). The predicted octanol–water partition coefficient (Wildman–Crippen LogP) is 2.11. The first-order valence-electron chi connectivity index (χ1n) is 8.15. The van der Waals surface area contributed by atoms with Crippen LogP contribution in [0, 0.1) is 0 Å². The van der Waals surface area contributed by atoms with E-state index in [1.54, 1.807) is 5.32 Å². The molecule has 0 atom stereocenters. The molecule has 28 heavy (non-hydrogen) atoms. The Labute approximate surface area is 155 Å². The number of carbonyl (C=O) groups excluding carboxylic acids is 2. The smallest absolute Gasteiger partial charge is 0.379 e. The van der Waals surface area contributed by atoms with Gasteiger partial charge in [-0.1, -0.05) is 0 Å². The Bertz CT molecular complexity index is 682. The summed E-state index contributed by atoms with van der Waals surface area (Å²) in [5.74, 6) is -2.53. The molecule has 1 aliphatic rings. The van der Waals surface area contributed by atoms with Crippen LogP contribution < -0.4 is 10.6 Å². The summed E-state index contributed by atoms with van der Waals surface area (Å²) in [6.07, 6.45) is -10.1. The molecule has 0 aliphatic carbocycles. The number of morpholine rings is 1. The van der Waals surface area contributed by atoms with Crippen molar-refractivity contribution in [3.05, 3.63) is 29.3 Å². The van der Waals surface area contributed by atoms with Crippen LogP contribution in [0.15, 0.2) is 18.2 Å². The van der Waals surface area contributed by atoms with E-state index in [4.69, 9.17) is 4.74 Å². The summed E-state index contributed by atoms with van der Waals surface area (Å²) >= 11 is 0. The number of rotatable bonds is 4. The van der Waals surface area contributed by atoms with Crippen molar-refractivity contribution in [3.63, 3.8) is 0 Å². The Morgan fingerprint density at radius 2 is 1.46 bits per heavy atom. The average molecular weight is 413 g/mol. The summed E-state index contributed by atoms with van der Waals surface area (Å²) in [6, 6.07) is 0.584. The van der Waals surface area contributed by atoms with Crippen molar-refractivity contribution in [2.24, 2.45) is 0 Å². The van der Waals surface area contributed by atoms with Crippen LogP contribution in [-0.4, -0.2) is 56.1 Å². The van der Waals surface area contributed by atoms with Gasteiger partial charge in [0.1, 0.15) is 0 Å². The van der Waals surface area contributed by atoms with Crippen molar-refractivity contribution in [2.45, 2.75) is 12.4 Å². The minimum Gasteiger partial charge on any atom is -0.379 e. The van der Waals surface area contributed by atoms with Gasteiger partial charge in [0.2, 0.25) is 0 Å². The lowest BCUT2D eigenvalue weighted by molar-refractivity contribution is -0.143. The average Bonchev–Trinajstić information content (AvgIpc) is 2.60. The van der Waals surface area contributed by atoms with E-state index in [1.165, 1.54) is 0 Å². The molecule has 0 saturated carbocycles. The number of hydrogen-bond donors (Lipinski definition) is 2. The van der Waals surface area contributed by atoms with E-state index in [2.05, 4.69) is 5.32 Å². The van der Waals surface area contributed by atoms with Gasteiger partial charge in [-0.05, 0) is 18.2 Å². The lowest BCUT2D eigenvalue weighted by atomic mass is 10.1. The van der Waals surface area contributed by atoms with Crippen LogP contribution in [0.1, 0.15) is 11.1 Å².